The first-order valence-corrected chi connectivity index (χ1v) is 10.1. The minimum absolute atomic E-state index is 0.0661. The van der Waals surface area contributed by atoms with Gasteiger partial charge in [0.1, 0.15) is 0 Å². The molecule has 147 valence electrons. The van der Waals surface area contributed by atoms with Gasteiger partial charge in [0.25, 0.3) is 7.48 Å². The lowest BCUT2D eigenvalue weighted by atomic mass is 9.59. The first-order valence-electron chi connectivity index (χ1n) is 10.1. The van der Waals surface area contributed by atoms with Crippen LogP contribution in [0.15, 0.2) is 36.4 Å². The molecule has 0 aliphatic heterocycles. The Kier molecular flexibility index (Phi) is 8.89. The third-order valence-electron chi connectivity index (χ3n) is 5.93. The number of allylic oxidation sites excluding steroid dienone is 1. The summed E-state index contributed by atoms with van der Waals surface area (Å²) < 4.78 is 6.09. The van der Waals surface area contributed by atoms with E-state index >= 15 is 0 Å². The lowest BCUT2D eigenvalue weighted by Crippen LogP contribution is -2.48. The number of rotatable bonds is 11. The number of aryl methyl sites for hydroxylation is 1. The van der Waals surface area contributed by atoms with Crippen molar-refractivity contribution in [2.24, 2.45) is 5.92 Å². The second kappa shape index (κ2) is 9.98. The minimum Gasteiger partial charge on any atom is -0.433 e. The molecule has 4 heteroatoms. The van der Waals surface area contributed by atoms with Gasteiger partial charge in [0.2, 0.25) is 0 Å². The van der Waals surface area contributed by atoms with Crippen LogP contribution in [0, 0.1) is 12.8 Å². The fourth-order valence-electron chi connectivity index (χ4n) is 3.25. The van der Waals surface area contributed by atoms with Crippen molar-refractivity contribution < 1.29 is 9.76 Å². The van der Waals surface area contributed by atoms with Gasteiger partial charge in [0.05, 0.1) is 19.0 Å². The van der Waals surface area contributed by atoms with E-state index in [0.29, 0.717) is 5.92 Å². The maximum Gasteiger partial charge on any atom is 0.297 e. The Morgan fingerprint density at radius 1 is 1.26 bits per heavy atom. The van der Waals surface area contributed by atoms with E-state index in [2.05, 4.69) is 51.6 Å². The molecule has 1 aromatic rings. The van der Waals surface area contributed by atoms with Gasteiger partial charge < -0.3 is 9.76 Å². The Hall–Kier alpha value is -0.990. The highest BCUT2D eigenvalue weighted by molar-refractivity contribution is 6.30. The van der Waals surface area contributed by atoms with Gasteiger partial charge >= 0.3 is 0 Å². The van der Waals surface area contributed by atoms with Gasteiger partial charge in [-0.25, -0.2) is 0 Å². The Morgan fingerprint density at radius 2 is 1.85 bits per heavy atom. The zero-order valence-corrected chi connectivity index (χ0v) is 18.4. The van der Waals surface area contributed by atoms with E-state index in [1.807, 2.05) is 21.3 Å². The Labute approximate surface area is 169 Å². The molecular weight excluding hydrogens is 330 g/mol. The molecule has 0 aromatic heterocycles. The minimum atomic E-state index is -0.942. The molecule has 3 unspecified atom stereocenters. The Balaban J connectivity index is 2.88. The monoisotopic (exact) mass is 367 g/mol. The molecular formula is C23H37B2O2. The molecule has 1 rings (SSSR count). The summed E-state index contributed by atoms with van der Waals surface area (Å²) in [4.78, 5) is 0. The van der Waals surface area contributed by atoms with E-state index in [4.69, 9.17) is 12.5 Å². The maximum absolute atomic E-state index is 10.4. The van der Waals surface area contributed by atoms with Gasteiger partial charge in [0, 0.05) is 0 Å². The van der Waals surface area contributed by atoms with E-state index in [9.17, 15) is 5.11 Å². The summed E-state index contributed by atoms with van der Waals surface area (Å²) >= 11 is 0. The number of benzene rings is 1. The van der Waals surface area contributed by atoms with Crippen LogP contribution in [0.25, 0.3) is 0 Å². The van der Waals surface area contributed by atoms with E-state index in [1.165, 1.54) is 16.7 Å². The van der Waals surface area contributed by atoms with Gasteiger partial charge in [-0.3, -0.25) is 0 Å². The molecule has 0 aliphatic carbocycles. The molecule has 0 fully saturated rings. The van der Waals surface area contributed by atoms with Crippen LogP contribution < -0.4 is 0 Å². The van der Waals surface area contributed by atoms with Gasteiger partial charge in [-0.1, -0.05) is 62.5 Å². The molecule has 27 heavy (non-hydrogen) atoms. The first kappa shape index (κ1) is 24.0. The van der Waals surface area contributed by atoms with Crippen molar-refractivity contribution in [3.05, 3.63) is 47.5 Å². The second-order valence-corrected chi connectivity index (χ2v) is 8.98. The fraction of sp³-hybridized carbons (Fsp3) is 0.652. The van der Waals surface area contributed by atoms with Crippen LogP contribution in [-0.2, 0) is 11.1 Å². The van der Waals surface area contributed by atoms with Crippen LogP contribution in [0.1, 0.15) is 65.5 Å². The zero-order valence-electron chi connectivity index (χ0n) is 18.4. The molecule has 0 saturated carbocycles. The van der Waals surface area contributed by atoms with E-state index in [-0.39, 0.29) is 11.6 Å². The molecule has 0 spiro atoms. The smallest absolute Gasteiger partial charge is 0.297 e. The van der Waals surface area contributed by atoms with Gasteiger partial charge in [0.15, 0.2) is 0 Å². The molecule has 1 aromatic carbocycles. The lowest BCUT2D eigenvalue weighted by molar-refractivity contribution is -0.0914. The van der Waals surface area contributed by atoms with Crippen LogP contribution in [-0.4, -0.2) is 31.6 Å². The molecule has 0 saturated heterocycles. The number of hydrogen-bond acceptors (Lipinski definition) is 2. The summed E-state index contributed by atoms with van der Waals surface area (Å²) in [5.41, 5.74) is 2.15. The topological polar surface area (TPSA) is 29.5 Å². The molecule has 3 radical (unpaired) electrons. The van der Waals surface area contributed by atoms with Gasteiger partial charge in [-0.05, 0) is 70.3 Å². The average Bonchev–Trinajstić information content (AvgIpc) is 2.54. The molecule has 1 N–H and O–H groups in total. The van der Waals surface area contributed by atoms with E-state index in [1.54, 1.807) is 13.8 Å². The third-order valence-corrected chi connectivity index (χ3v) is 5.93. The third kappa shape index (κ3) is 7.16. The van der Waals surface area contributed by atoms with Crippen LogP contribution in [0.2, 0.25) is 11.6 Å². The number of hydrogen-bond donors (Lipinski definition) is 1. The standard InChI is InChI=1S/C23H37B2O2/c1-9-20(18(4)24)21(25-27-23(7,8)22(5,6)26)15-16(2)14-19-13-11-10-12-17(19)3/h10-13,18,20-21,26H,2,9,14-15H2,1,3-8H3. The van der Waals surface area contributed by atoms with Crippen LogP contribution in [0.4, 0.5) is 0 Å². The zero-order chi connectivity index (χ0) is 20.8. The van der Waals surface area contributed by atoms with Gasteiger partial charge in [-0.15, -0.1) is 0 Å². The molecule has 0 aliphatic rings. The highest BCUT2D eigenvalue weighted by Crippen LogP contribution is 2.37. The molecule has 0 heterocycles. The Bertz CT molecular complexity index is 603. The van der Waals surface area contributed by atoms with Crippen LogP contribution in [0.5, 0.6) is 0 Å². The molecule has 0 bridgehead atoms. The predicted octanol–water partition coefficient (Wildman–Crippen LogP) is 5.46. The summed E-state index contributed by atoms with van der Waals surface area (Å²) in [6.07, 6.45) is 2.67. The van der Waals surface area contributed by atoms with Crippen molar-refractivity contribution >= 4 is 15.3 Å². The van der Waals surface area contributed by atoms with Crippen molar-refractivity contribution in [2.75, 3.05) is 0 Å². The quantitative estimate of drug-likeness (QED) is 0.416. The second-order valence-electron chi connectivity index (χ2n) is 8.98. The van der Waals surface area contributed by atoms with Crippen molar-refractivity contribution in [1.82, 2.24) is 0 Å². The van der Waals surface area contributed by atoms with Crippen molar-refractivity contribution in [2.45, 2.75) is 90.6 Å². The summed E-state index contributed by atoms with van der Waals surface area (Å²) in [6.45, 7) is 18.1. The summed E-state index contributed by atoms with van der Waals surface area (Å²) in [5, 5.41) is 10.4. The normalized spacial score (nSPS) is 15.9. The van der Waals surface area contributed by atoms with Crippen molar-refractivity contribution in [3.63, 3.8) is 0 Å². The predicted molar refractivity (Wildman–Crippen MR) is 119 cm³/mol. The van der Waals surface area contributed by atoms with Crippen molar-refractivity contribution in [1.29, 1.82) is 0 Å². The van der Waals surface area contributed by atoms with Crippen LogP contribution in [0.3, 0.4) is 0 Å². The van der Waals surface area contributed by atoms with Gasteiger partial charge in [-0.2, -0.15) is 0 Å². The molecule has 3 atom stereocenters. The molecule has 2 nitrogen and oxygen atoms in total. The maximum atomic E-state index is 10.4. The first-order chi connectivity index (χ1) is 12.4. The number of aliphatic hydroxyl groups is 1. The van der Waals surface area contributed by atoms with Crippen molar-refractivity contribution in [3.8, 4) is 0 Å². The highest BCUT2D eigenvalue weighted by atomic mass is 16.5. The summed E-state index contributed by atoms with van der Waals surface area (Å²) in [5.74, 6) is 0.528. The Morgan fingerprint density at radius 3 is 2.33 bits per heavy atom. The lowest BCUT2D eigenvalue weighted by Gasteiger charge is -2.40. The van der Waals surface area contributed by atoms with E-state index < -0.39 is 11.2 Å². The molecule has 0 amide bonds. The fourth-order valence-corrected chi connectivity index (χ4v) is 3.25. The summed E-state index contributed by atoms with van der Waals surface area (Å²) in [7, 11) is 8.17. The SMILES string of the molecule is [B]C(C)C(CC)C([B]OC(C)(C)C(C)(C)O)CC(=C)Cc1ccccc1C. The highest BCUT2D eigenvalue weighted by Gasteiger charge is 2.37. The van der Waals surface area contributed by atoms with E-state index in [0.717, 1.165) is 19.3 Å². The van der Waals surface area contributed by atoms with Crippen LogP contribution >= 0.6 is 0 Å². The largest absolute Gasteiger partial charge is 0.433 e. The average molecular weight is 367 g/mol. The summed E-state index contributed by atoms with van der Waals surface area (Å²) in [6, 6.07) is 8.44.